The molecule has 1 aromatic carbocycles. The summed E-state index contributed by atoms with van der Waals surface area (Å²) in [6.45, 7) is 9.97. The number of hydrogen-bond acceptors (Lipinski definition) is 3. The molecule has 0 fully saturated rings. The van der Waals surface area contributed by atoms with Gasteiger partial charge in [-0.25, -0.2) is 0 Å². The SMILES string of the molecule is CCC(CC)C1CN=C(Nc2ccc(C(C)C)cc2)S1. The van der Waals surface area contributed by atoms with E-state index in [2.05, 4.69) is 62.3 Å². The largest absolute Gasteiger partial charge is 0.335 e. The maximum atomic E-state index is 4.66. The van der Waals surface area contributed by atoms with E-state index in [-0.39, 0.29) is 0 Å². The number of thioether (sulfide) groups is 1. The van der Waals surface area contributed by atoms with Gasteiger partial charge in [-0.05, 0) is 29.5 Å². The third-order valence-corrected chi connectivity index (χ3v) is 5.37. The molecule has 2 nitrogen and oxygen atoms in total. The first-order chi connectivity index (χ1) is 9.63. The average molecular weight is 290 g/mol. The predicted octanol–water partition coefficient (Wildman–Crippen LogP) is 5.13. The van der Waals surface area contributed by atoms with E-state index >= 15 is 0 Å². The Balaban J connectivity index is 1.91. The van der Waals surface area contributed by atoms with E-state index in [1.54, 1.807) is 0 Å². The topological polar surface area (TPSA) is 24.4 Å². The van der Waals surface area contributed by atoms with Crippen LogP contribution in [0.5, 0.6) is 0 Å². The first-order valence-electron chi connectivity index (χ1n) is 7.72. The molecule has 2 rings (SSSR count). The van der Waals surface area contributed by atoms with Crippen molar-refractivity contribution in [2.24, 2.45) is 10.9 Å². The number of nitrogens with one attached hydrogen (secondary N) is 1. The molecule has 110 valence electrons. The van der Waals surface area contributed by atoms with Gasteiger partial charge in [0.1, 0.15) is 0 Å². The minimum Gasteiger partial charge on any atom is -0.335 e. The number of amidine groups is 1. The Hall–Kier alpha value is -0.960. The Morgan fingerprint density at radius 1 is 1.20 bits per heavy atom. The fourth-order valence-corrected chi connectivity index (χ4v) is 3.93. The van der Waals surface area contributed by atoms with Crippen molar-refractivity contribution in [3.63, 3.8) is 0 Å². The van der Waals surface area contributed by atoms with Crippen LogP contribution in [0.15, 0.2) is 29.3 Å². The second-order valence-electron chi connectivity index (χ2n) is 5.78. The van der Waals surface area contributed by atoms with Gasteiger partial charge < -0.3 is 5.32 Å². The smallest absolute Gasteiger partial charge is 0.161 e. The third kappa shape index (κ3) is 3.78. The minimum absolute atomic E-state index is 0.585. The standard InChI is InChI=1S/C17H26N2S/c1-5-13(6-2)16-11-18-17(20-16)19-15-9-7-14(8-10-15)12(3)4/h7-10,12-13,16H,5-6,11H2,1-4H3,(H,18,19). The summed E-state index contributed by atoms with van der Waals surface area (Å²) >= 11 is 1.91. The molecule has 0 aromatic heterocycles. The van der Waals surface area contributed by atoms with Gasteiger partial charge in [0.05, 0.1) is 6.54 Å². The zero-order valence-corrected chi connectivity index (χ0v) is 13.8. The van der Waals surface area contributed by atoms with Gasteiger partial charge in [0.25, 0.3) is 0 Å². The normalized spacial score (nSPS) is 18.7. The van der Waals surface area contributed by atoms with Gasteiger partial charge in [-0.2, -0.15) is 0 Å². The number of benzene rings is 1. The summed E-state index contributed by atoms with van der Waals surface area (Å²) < 4.78 is 0. The van der Waals surface area contributed by atoms with Crippen LogP contribution < -0.4 is 5.32 Å². The monoisotopic (exact) mass is 290 g/mol. The summed E-state index contributed by atoms with van der Waals surface area (Å²) in [5.74, 6) is 1.37. The highest BCUT2D eigenvalue weighted by molar-refractivity contribution is 8.15. The van der Waals surface area contributed by atoms with E-state index in [1.807, 2.05) is 11.8 Å². The molecule has 3 heteroatoms. The minimum atomic E-state index is 0.585. The highest BCUT2D eigenvalue weighted by Gasteiger charge is 2.25. The molecule has 1 aliphatic rings. The molecule has 0 spiro atoms. The summed E-state index contributed by atoms with van der Waals surface area (Å²) in [7, 11) is 0. The Morgan fingerprint density at radius 3 is 2.40 bits per heavy atom. The van der Waals surface area contributed by atoms with Gasteiger partial charge in [-0.1, -0.05) is 64.4 Å². The first kappa shape index (κ1) is 15.4. The molecule has 0 saturated heterocycles. The van der Waals surface area contributed by atoms with Crippen molar-refractivity contribution in [2.45, 2.75) is 51.7 Å². The second kappa shape index (κ2) is 7.16. The quantitative estimate of drug-likeness (QED) is 0.813. The van der Waals surface area contributed by atoms with Gasteiger partial charge in [0, 0.05) is 10.9 Å². The van der Waals surface area contributed by atoms with Crippen molar-refractivity contribution >= 4 is 22.6 Å². The zero-order chi connectivity index (χ0) is 14.5. The van der Waals surface area contributed by atoms with Crippen molar-refractivity contribution < 1.29 is 0 Å². The highest BCUT2D eigenvalue weighted by atomic mass is 32.2. The van der Waals surface area contributed by atoms with E-state index < -0.39 is 0 Å². The van der Waals surface area contributed by atoms with Gasteiger partial charge in [-0.15, -0.1) is 0 Å². The molecule has 1 atom stereocenters. The number of anilines is 1. The summed E-state index contributed by atoms with van der Waals surface area (Å²) in [4.78, 5) is 4.66. The molecule has 1 unspecified atom stereocenters. The molecule has 0 bridgehead atoms. The lowest BCUT2D eigenvalue weighted by Gasteiger charge is -2.18. The molecule has 0 saturated carbocycles. The number of rotatable bonds is 5. The lowest BCUT2D eigenvalue weighted by Crippen LogP contribution is -2.17. The molecule has 1 aromatic rings. The molecule has 0 radical (unpaired) electrons. The zero-order valence-electron chi connectivity index (χ0n) is 13.0. The Bertz CT molecular complexity index is 447. The number of aliphatic imine (C=N–C) groups is 1. The lowest BCUT2D eigenvalue weighted by molar-refractivity contribution is 0.479. The molecule has 1 aliphatic heterocycles. The maximum Gasteiger partial charge on any atom is 0.161 e. The van der Waals surface area contributed by atoms with Crippen LogP contribution in [0, 0.1) is 5.92 Å². The Morgan fingerprint density at radius 2 is 1.85 bits per heavy atom. The lowest BCUT2D eigenvalue weighted by atomic mass is 9.99. The van der Waals surface area contributed by atoms with E-state index in [0.29, 0.717) is 11.2 Å². The van der Waals surface area contributed by atoms with Gasteiger partial charge in [0.15, 0.2) is 5.17 Å². The van der Waals surface area contributed by atoms with Crippen LogP contribution in [0.4, 0.5) is 5.69 Å². The molecule has 1 N–H and O–H groups in total. The van der Waals surface area contributed by atoms with Crippen molar-refractivity contribution in [2.75, 3.05) is 11.9 Å². The van der Waals surface area contributed by atoms with Crippen LogP contribution in [0.25, 0.3) is 0 Å². The summed E-state index contributed by atoms with van der Waals surface area (Å²) in [6.07, 6.45) is 2.50. The van der Waals surface area contributed by atoms with Gasteiger partial charge >= 0.3 is 0 Å². The van der Waals surface area contributed by atoms with Gasteiger partial charge in [-0.3, -0.25) is 4.99 Å². The summed E-state index contributed by atoms with van der Waals surface area (Å²) in [5.41, 5.74) is 2.53. The van der Waals surface area contributed by atoms with E-state index in [0.717, 1.165) is 23.3 Å². The average Bonchev–Trinajstić information content (AvgIpc) is 2.89. The molecule has 0 amide bonds. The number of hydrogen-bond donors (Lipinski definition) is 1. The predicted molar refractivity (Wildman–Crippen MR) is 91.9 cm³/mol. The second-order valence-corrected chi connectivity index (χ2v) is 7.01. The third-order valence-electron chi connectivity index (χ3n) is 4.08. The highest BCUT2D eigenvalue weighted by Crippen LogP contribution is 2.31. The van der Waals surface area contributed by atoms with E-state index in [4.69, 9.17) is 0 Å². The fourth-order valence-electron chi connectivity index (χ4n) is 2.59. The molecular formula is C17H26N2S. The van der Waals surface area contributed by atoms with Crippen LogP contribution in [-0.4, -0.2) is 17.0 Å². The maximum absolute atomic E-state index is 4.66. The first-order valence-corrected chi connectivity index (χ1v) is 8.60. The van der Waals surface area contributed by atoms with Crippen molar-refractivity contribution in [1.29, 1.82) is 0 Å². The van der Waals surface area contributed by atoms with Crippen LogP contribution in [0.3, 0.4) is 0 Å². The Labute approximate surface area is 127 Å². The van der Waals surface area contributed by atoms with E-state index in [1.165, 1.54) is 18.4 Å². The van der Waals surface area contributed by atoms with Crippen LogP contribution in [-0.2, 0) is 0 Å². The van der Waals surface area contributed by atoms with Crippen LogP contribution in [0.1, 0.15) is 52.0 Å². The molecule has 20 heavy (non-hydrogen) atoms. The summed E-state index contributed by atoms with van der Waals surface area (Å²) in [6, 6.07) is 8.71. The fraction of sp³-hybridized carbons (Fsp3) is 0.588. The number of nitrogens with zero attached hydrogens (tertiary/aromatic N) is 1. The van der Waals surface area contributed by atoms with Crippen molar-refractivity contribution in [3.05, 3.63) is 29.8 Å². The Kier molecular flexibility index (Phi) is 5.53. The molecule has 0 aliphatic carbocycles. The van der Waals surface area contributed by atoms with Crippen molar-refractivity contribution in [1.82, 2.24) is 0 Å². The van der Waals surface area contributed by atoms with Crippen LogP contribution >= 0.6 is 11.8 Å². The van der Waals surface area contributed by atoms with Crippen LogP contribution in [0.2, 0.25) is 0 Å². The molecular weight excluding hydrogens is 264 g/mol. The van der Waals surface area contributed by atoms with Gasteiger partial charge in [0.2, 0.25) is 0 Å². The van der Waals surface area contributed by atoms with Crippen molar-refractivity contribution in [3.8, 4) is 0 Å². The summed E-state index contributed by atoms with van der Waals surface area (Å²) in [5, 5.41) is 5.19. The van der Waals surface area contributed by atoms with E-state index in [9.17, 15) is 0 Å². The molecule has 1 heterocycles.